The molecular weight excluding hydrogens is 276 g/mol. The molecule has 2 aromatic heterocycles. The van der Waals surface area contributed by atoms with Crippen LogP contribution in [0.25, 0.3) is 5.69 Å². The predicted octanol–water partition coefficient (Wildman–Crippen LogP) is 2.89. The van der Waals surface area contributed by atoms with Gasteiger partial charge in [-0.05, 0) is 29.8 Å². The first-order valence-corrected chi connectivity index (χ1v) is 6.37. The lowest BCUT2D eigenvalue weighted by Gasteiger charge is -2.08. The van der Waals surface area contributed by atoms with Crippen LogP contribution in [0.5, 0.6) is 5.75 Å². The summed E-state index contributed by atoms with van der Waals surface area (Å²) in [5.74, 6) is 0.755. The molecule has 0 fully saturated rings. The Bertz CT molecular complexity index is 700. The Morgan fingerprint density at radius 1 is 1.20 bits per heavy atom. The minimum atomic E-state index is 0.434. The molecule has 5 nitrogen and oxygen atoms in total. The first-order chi connectivity index (χ1) is 9.81. The van der Waals surface area contributed by atoms with Crippen LogP contribution in [0.1, 0.15) is 5.56 Å². The van der Waals surface area contributed by atoms with Gasteiger partial charge >= 0.3 is 0 Å². The zero-order valence-corrected chi connectivity index (χ0v) is 11.2. The summed E-state index contributed by atoms with van der Waals surface area (Å²) >= 11 is 5.83. The molecule has 6 heteroatoms. The minimum absolute atomic E-state index is 0.434. The summed E-state index contributed by atoms with van der Waals surface area (Å²) in [5, 5.41) is 4.54. The minimum Gasteiger partial charge on any atom is -0.489 e. The lowest BCUT2D eigenvalue weighted by atomic mass is 10.3. The van der Waals surface area contributed by atoms with Crippen molar-refractivity contribution in [3.63, 3.8) is 0 Å². The summed E-state index contributed by atoms with van der Waals surface area (Å²) in [4.78, 5) is 7.85. The lowest BCUT2D eigenvalue weighted by Crippen LogP contribution is -1.98. The van der Waals surface area contributed by atoms with Crippen molar-refractivity contribution in [3.05, 3.63) is 66.0 Å². The molecule has 100 valence electrons. The second kappa shape index (κ2) is 5.71. The van der Waals surface area contributed by atoms with Crippen LogP contribution in [0.3, 0.4) is 0 Å². The molecule has 0 atom stereocenters. The maximum atomic E-state index is 5.83. The van der Waals surface area contributed by atoms with Crippen LogP contribution >= 0.6 is 11.6 Å². The Hall–Kier alpha value is -2.40. The smallest absolute Gasteiger partial charge is 0.138 e. The summed E-state index contributed by atoms with van der Waals surface area (Å²) in [6.07, 6.45) is 4.79. The Morgan fingerprint density at radius 2 is 2.15 bits per heavy atom. The van der Waals surface area contributed by atoms with Gasteiger partial charge in [0.1, 0.15) is 30.2 Å². The van der Waals surface area contributed by atoms with Crippen molar-refractivity contribution >= 4 is 11.6 Å². The third kappa shape index (κ3) is 2.95. The van der Waals surface area contributed by atoms with Crippen molar-refractivity contribution in [2.75, 3.05) is 0 Å². The van der Waals surface area contributed by atoms with Gasteiger partial charge in [-0.1, -0.05) is 17.7 Å². The van der Waals surface area contributed by atoms with Crippen LogP contribution in [-0.4, -0.2) is 19.7 Å². The Kier molecular flexibility index (Phi) is 3.60. The van der Waals surface area contributed by atoms with Gasteiger partial charge in [-0.25, -0.2) is 14.6 Å². The molecule has 3 rings (SSSR count). The van der Waals surface area contributed by atoms with E-state index in [2.05, 4.69) is 15.1 Å². The number of aromatic nitrogens is 4. The summed E-state index contributed by atoms with van der Waals surface area (Å²) < 4.78 is 7.41. The Labute approximate surface area is 120 Å². The molecule has 0 saturated heterocycles. The predicted molar refractivity (Wildman–Crippen MR) is 74.9 cm³/mol. The number of hydrogen-bond acceptors (Lipinski definition) is 4. The summed E-state index contributed by atoms with van der Waals surface area (Å²) in [6, 6.07) is 11.3. The van der Waals surface area contributed by atoms with E-state index < -0.39 is 0 Å². The van der Waals surface area contributed by atoms with E-state index in [1.165, 1.54) is 6.33 Å². The maximum absolute atomic E-state index is 5.83. The summed E-state index contributed by atoms with van der Waals surface area (Å²) in [5.41, 5.74) is 1.86. The average molecular weight is 287 g/mol. The standard InChI is InChI=1S/C14H11ClN4O/c15-14-6-11(4-5-17-14)8-20-13-3-1-2-12(7-13)19-10-16-9-18-19/h1-7,9-10H,8H2. The molecule has 3 aromatic rings. The summed E-state index contributed by atoms with van der Waals surface area (Å²) in [7, 11) is 0. The second-order valence-corrected chi connectivity index (χ2v) is 4.50. The first-order valence-electron chi connectivity index (χ1n) is 5.99. The number of hydrogen-bond donors (Lipinski definition) is 0. The number of benzene rings is 1. The van der Waals surface area contributed by atoms with Gasteiger partial charge in [0.15, 0.2) is 0 Å². The van der Waals surface area contributed by atoms with Crippen LogP contribution in [0, 0.1) is 0 Å². The lowest BCUT2D eigenvalue weighted by molar-refractivity contribution is 0.306. The molecule has 0 bridgehead atoms. The van der Waals surface area contributed by atoms with Crippen molar-refractivity contribution < 1.29 is 4.74 Å². The largest absolute Gasteiger partial charge is 0.489 e. The topological polar surface area (TPSA) is 52.8 Å². The molecular formula is C14H11ClN4O. The van der Waals surface area contributed by atoms with E-state index >= 15 is 0 Å². The molecule has 0 unspecified atom stereocenters. The molecule has 1 aromatic carbocycles. The van der Waals surface area contributed by atoms with Crippen LogP contribution in [0.4, 0.5) is 0 Å². The van der Waals surface area contributed by atoms with Crippen molar-refractivity contribution in [3.8, 4) is 11.4 Å². The van der Waals surface area contributed by atoms with E-state index in [1.807, 2.05) is 30.3 Å². The molecule has 0 saturated carbocycles. The van der Waals surface area contributed by atoms with E-state index in [0.717, 1.165) is 17.0 Å². The van der Waals surface area contributed by atoms with E-state index in [1.54, 1.807) is 23.3 Å². The first kappa shape index (κ1) is 12.6. The Balaban J connectivity index is 1.73. The van der Waals surface area contributed by atoms with Crippen LogP contribution < -0.4 is 4.74 Å². The molecule has 0 aliphatic carbocycles. The fourth-order valence-corrected chi connectivity index (χ4v) is 1.95. The van der Waals surface area contributed by atoms with Gasteiger partial charge in [-0.2, -0.15) is 5.10 Å². The fourth-order valence-electron chi connectivity index (χ4n) is 1.76. The molecule has 0 aliphatic heterocycles. The van der Waals surface area contributed by atoms with E-state index in [4.69, 9.17) is 16.3 Å². The third-order valence-electron chi connectivity index (χ3n) is 2.70. The van der Waals surface area contributed by atoms with Crippen LogP contribution in [0.2, 0.25) is 5.15 Å². The normalized spacial score (nSPS) is 10.4. The van der Waals surface area contributed by atoms with Crippen molar-refractivity contribution in [2.24, 2.45) is 0 Å². The van der Waals surface area contributed by atoms with Crippen LogP contribution in [0.15, 0.2) is 55.2 Å². The molecule has 2 heterocycles. The molecule has 0 N–H and O–H groups in total. The van der Waals surface area contributed by atoms with E-state index in [9.17, 15) is 0 Å². The van der Waals surface area contributed by atoms with E-state index in [0.29, 0.717) is 11.8 Å². The van der Waals surface area contributed by atoms with Crippen molar-refractivity contribution in [1.29, 1.82) is 0 Å². The second-order valence-electron chi connectivity index (χ2n) is 4.11. The number of rotatable bonds is 4. The SMILES string of the molecule is Clc1cc(COc2cccc(-n3cncn3)c2)ccn1. The Morgan fingerprint density at radius 3 is 2.95 bits per heavy atom. The maximum Gasteiger partial charge on any atom is 0.138 e. The van der Waals surface area contributed by atoms with Gasteiger partial charge in [0.25, 0.3) is 0 Å². The zero-order chi connectivity index (χ0) is 13.8. The highest BCUT2D eigenvalue weighted by atomic mass is 35.5. The average Bonchev–Trinajstić information content (AvgIpc) is 3.00. The molecule has 0 spiro atoms. The number of pyridine rings is 1. The van der Waals surface area contributed by atoms with Gasteiger partial charge < -0.3 is 4.74 Å². The third-order valence-corrected chi connectivity index (χ3v) is 2.90. The van der Waals surface area contributed by atoms with Crippen LogP contribution in [-0.2, 0) is 6.61 Å². The van der Waals surface area contributed by atoms with Crippen molar-refractivity contribution in [2.45, 2.75) is 6.61 Å². The van der Waals surface area contributed by atoms with Crippen molar-refractivity contribution in [1.82, 2.24) is 19.7 Å². The summed E-state index contributed by atoms with van der Waals surface area (Å²) in [6.45, 7) is 0.434. The molecule has 20 heavy (non-hydrogen) atoms. The van der Waals surface area contributed by atoms with Gasteiger partial charge in [-0.15, -0.1) is 0 Å². The molecule has 0 amide bonds. The highest BCUT2D eigenvalue weighted by molar-refractivity contribution is 6.29. The highest BCUT2D eigenvalue weighted by Crippen LogP contribution is 2.17. The molecule has 0 radical (unpaired) electrons. The van der Waals surface area contributed by atoms with Gasteiger partial charge in [0.05, 0.1) is 5.69 Å². The van der Waals surface area contributed by atoms with Gasteiger partial charge in [0.2, 0.25) is 0 Å². The van der Waals surface area contributed by atoms with E-state index in [-0.39, 0.29) is 0 Å². The molecule has 0 aliphatic rings. The number of halogens is 1. The fraction of sp³-hybridized carbons (Fsp3) is 0.0714. The monoisotopic (exact) mass is 286 g/mol. The highest BCUT2D eigenvalue weighted by Gasteiger charge is 2.01. The number of ether oxygens (including phenoxy) is 1. The number of nitrogens with zero attached hydrogens (tertiary/aromatic N) is 4. The quantitative estimate of drug-likeness (QED) is 0.692. The van der Waals surface area contributed by atoms with Gasteiger partial charge in [-0.3, -0.25) is 0 Å². The van der Waals surface area contributed by atoms with Gasteiger partial charge in [0, 0.05) is 12.3 Å². The zero-order valence-electron chi connectivity index (χ0n) is 10.5.